The molecular formula is C15H22N4O3. The lowest BCUT2D eigenvalue weighted by atomic mass is 10.0. The Bertz CT molecular complexity index is 503. The summed E-state index contributed by atoms with van der Waals surface area (Å²) in [5, 5.41) is 15.8. The van der Waals surface area contributed by atoms with E-state index in [-0.39, 0.29) is 12.5 Å². The van der Waals surface area contributed by atoms with Crippen molar-refractivity contribution in [3.63, 3.8) is 0 Å². The third-order valence-corrected chi connectivity index (χ3v) is 3.69. The third-order valence-electron chi connectivity index (χ3n) is 3.69. The van der Waals surface area contributed by atoms with E-state index < -0.39 is 18.1 Å². The lowest BCUT2D eigenvalue weighted by molar-refractivity contribution is -0.126. The Morgan fingerprint density at radius 1 is 1.27 bits per heavy atom. The standard InChI is InChI=1S/C15H22N4O3/c16-14(21)13(20)10-12(11-4-2-1-3-5-11)18-15(22)19-8-6-17-7-9-19/h1-5,12-13,17,20H,6-10H2,(H2,16,21)(H,18,22). The molecule has 1 saturated heterocycles. The van der Waals surface area contributed by atoms with E-state index in [0.29, 0.717) is 13.1 Å². The molecule has 0 aromatic heterocycles. The van der Waals surface area contributed by atoms with Gasteiger partial charge in [-0.05, 0) is 5.56 Å². The zero-order valence-corrected chi connectivity index (χ0v) is 12.4. The summed E-state index contributed by atoms with van der Waals surface area (Å²) in [5.41, 5.74) is 5.94. The molecule has 0 bridgehead atoms. The van der Waals surface area contributed by atoms with Crippen LogP contribution in [-0.2, 0) is 4.79 Å². The summed E-state index contributed by atoms with van der Waals surface area (Å²) in [6.45, 7) is 2.78. The van der Waals surface area contributed by atoms with Crippen LogP contribution in [0.3, 0.4) is 0 Å². The summed E-state index contributed by atoms with van der Waals surface area (Å²) in [6.07, 6.45) is -1.24. The van der Waals surface area contributed by atoms with E-state index in [0.717, 1.165) is 18.7 Å². The zero-order valence-electron chi connectivity index (χ0n) is 12.4. The summed E-state index contributed by atoms with van der Waals surface area (Å²) in [7, 11) is 0. The molecule has 1 fully saturated rings. The first-order chi connectivity index (χ1) is 10.6. The third kappa shape index (κ3) is 4.44. The number of amides is 3. The Balaban J connectivity index is 2.06. The number of nitrogens with zero attached hydrogens (tertiary/aromatic N) is 1. The number of benzene rings is 1. The average Bonchev–Trinajstić information content (AvgIpc) is 2.55. The predicted octanol–water partition coefficient (Wildman–Crippen LogP) is -0.421. The van der Waals surface area contributed by atoms with Crippen molar-refractivity contribution < 1.29 is 14.7 Å². The highest BCUT2D eigenvalue weighted by Crippen LogP contribution is 2.19. The van der Waals surface area contributed by atoms with Crippen molar-refractivity contribution in [3.05, 3.63) is 35.9 Å². The minimum atomic E-state index is -1.30. The Kier molecular flexibility index (Phi) is 5.74. The molecule has 2 unspecified atom stereocenters. The molecule has 1 aromatic carbocycles. The highest BCUT2D eigenvalue weighted by atomic mass is 16.3. The molecular weight excluding hydrogens is 284 g/mol. The molecule has 3 amide bonds. The van der Waals surface area contributed by atoms with Gasteiger partial charge in [-0.15, -0.1) is 0 Å². The maximum Gasteiger partial charge on any atom is 0.317 e. The molecule has 2 rings (SSSR count). The van der Waals surface area contributed by atoms with Gasteiger partial charge in [0.05, 0.1) is 6.04 Å². The molecule has 7 nitrogen and oxygen atoms in total. The van der Waals surface area contributed by atoms with Gasteiger partial charge in [-0.2, -0.15) is 0 Å². The Morgan fingerprint density at radius 3 is 2.50 bits per heavy atom. The normalized spacial score (nSPS) is 17.6. The van der Waals surface area contributed by atoms with Crippen molar-refractivity contribution in [3.8, 4) is 0 Å². The number of urea groups is 1. The molecule has 1 aliphatic heterocycles. The molecule has 7 heteroatoms. The second-order valence-corrected chi connectivity index (χ2v) is 5.30. The van der Waals surface area contributed by atoms with Crippen molar-refractivity contribution in [2.45, 2.75) is 18.6 Å². The van der Waals surface area contributed by atoms with E-state index in [4.69, 9.17) is 5.73 Å². The maximum atomic E-state index is 12.3. The van der Waals surface area contributed by atoms with Crippen LogP contribution in [0.2, 0.25) is 0 Å². The van der Waals surface area contributed by atoms with Gasteiger partial charge >= 0.3 is 6.03 Å². The number of carbonyl (C=O) groups excluding carboxylic acids is 2. The molecule has 2 atom stereocenters. The average molecular weight is 306 g/mol. The van der Waals surface area contributed by atoms with E-state index in [1.54, 1.807) is 4.90 Å². The molecule has 0 spiro atoms. The summed E-state index contributed by atoms with van der Waals surface area (Å²) in [6, 6.07) is 8.57. The first-order valence-corrected chi connectivity index (χ1v) is 7.36. The van der Waals surface area contributed by atoms with Gasteiger partial charge in [0.1, 0.15) is 6.10 Å². The van der Waals surface area contributed by atoms with Crippen LogP contribution < -0.4 is 16.4 Å². The second kappa shape index (κ2) is 7.77. The topological polar surface area (TPSA) is 108 Å². The summed E-state index contributed by atoms with van der Waals surface area (Å²) >= 11 is 0. The zero-order chi connectivity index (χ0) is 15.9. The largest absolute Gasteiger partial charge is 0.383 e. The van der Waals surface area contributed by atoms with Crippen LogP contribution in [0.15, 0.2) is 30.3 Å². The fourth-order valence-electron chi connectivity index (χ4n) is 2.41. The first kappa shape index (κ1) is 16.3. The fourth-order valence-corrected chi connectivity index (χ4v) is 2.41. The minimum Gasteiger partial charge on any atom is -0.383 e. The van der Waals surface area contributed by atoms with E-state index in [1.165, 1.54) is 0 Å². The van der Waals surface area contributed by atoms with Gasteiger partial charge < -0.3 is 26.4 Å². The quantitative estimate of drug-likeness (QED) is 0.592. The number of aliphatic hydroxyl groups is 1. The van der Waals surface area contributed by atoms with Crippen LogP contribution in [0, 0.1) is 0 Å². The number of rotatable bonds is 5. The minimum absolute atomic E-state index is 0.0528. The number of piperazine rings is 1. The molecule has 1 aromatic rings. The van der Waals surface area contributed by atoms with Gasteiger partial charge in [0.2, 0.25) is 5.91 Å². The lowest BCUT2D eigenvalue weighted by Crippen LogP contribution is -2.51. The first-order valence-electron chi connectivity index (χ1n) is 7.36. The molecule has 1 aliphatic rings. The van der Waals surface area contributed by atoms with Crippen molar-refractivity contribution in [2.24, 2.45) is 5.73 Å². The number of hydrogen-bond acceptors (Lipinski definition) is 4. The van der Waals surface area contributed by atoms with Crippen LogP contribution in [0.25, 0.3) is 0 Å². The molecule has 0 aliphatic carbocycles. The van der Waals surface area contributed by atoms with E-state index in [1.807, 2.05) is 30.3 Å². The van der Waals surface area contributed by atoms with E-state index >= 15 is 0 Å². The second-order valence-electron chi connectivity index (χ2n) is 5.30. The molecule has 1 heterocycles. The number of aliphatic hydroxyl groups excluding tert-OH is 1. The molecule has 5 N–H and O–H groups in total. The highest BCUT2D eigenvalue weighted by molar-refractivity contribution is 5.79. The van der Waals surface area contributed by atoms with Gasteiger partial charge in [-0.25, -0.2) is 4.79 Å². The lowest BCUT2D eigenvalue weighted by Gasteiger charge is -2.30. The van der Waals surface area contributed by atoms with Crippen LogP contribution >= 0.6 is 0 Å². The number of nitrogens with two attached hydrogens (primary N) is 1. The van der Waals surface area contributed by atoms with Gasteiger partial charge in [0.15, 0.2) is 0 Å². The Morgan fingerprint density at radius 2 is 1.91 bits per heavy atom. The molecule has 22 heavy (non-hydrogen) atoms. The van der Waals surface area contributed by atoms with Gasteiger partial charge in [0.25, 0.3) is 0 Å². The highest BCUT2D eigenvalue weighted by Gasteiger charge is 2.24. The van der Waals surface area contributed by atoms with Crippen LogP contribution in [-0.4, -0.2) is 54.2 Å². The van der Waals surface area contributed by atoms with Gasteiger partial charge in [-0.3, -0.25) is 4.79 Å². The number of hydrogen-bond donors (Lipinski definition) is 4. The van der Waals surface area contributed by atoms with Crippen LogP contribution in [0.1, 0.15) is 18.0 Å². The molecule has 0 radical (unpaired) electrons. The van der Waals surface area contributed by atoms with Crippen molar-refractivity contribution in [2.75, 3.05) is 26.2 Å². The monoisotopic (exact) mass is 306 g/mol. The van der Waals surface area contributed by atoms with E-state index in [2.05, 4.69) is 10.6 Å². The number of carbonyl (C=O) groups is 2. The van der Waals surface area contributed by atoms with Gasteiger partial charge in [-0.1, -0.05) is 30.3 Å². The number of nitrogens with one attached hydrogen (secondary N) is 2. The van der Waals surface area contributed by atoms with Crippen molar-refractivity contribution >= 4 is 11.9 Å². The smallest absolute Gasteiger partial charge is 0.317 e. The van der Waals surface area contributed by atoms with E-state index in [9.17, 15) is 14.7 Å². The van der Waals surface area contributed by atoms with Crippen molar-refractivity contribution in [1.29, 1.82) is 0 Å². The Labute approximate surface area is 129 Å². The van der Waals surface area contributed by atoms with Crippen LogP contribution in [0.5, 0.6) is 0 Å². The number of primary amides is 1. The SMILES string of the molecule is NC(=O)C(O)CC(NC(=O)N1CCNCC1)c1ccccc1. The predicted molar refractivity (Wildman–Crippen MR) is 82.0 cm³/mol. The summed E-state index contributed by atoms with van der Waals surface area (Å²) in [5.74, 6) is -0.794. The van der Waals surface area contributed by atoms with Gasteiger partial charge in [0, 0.05) is 32.6 Å². The summed E-state index contributed by atoms with van der Waals surface area (Å²) < 4.78 is 0. The van der Waals surface area contributed by atoms with Crippen molar-refractivity contribution in [1.82, 2.24) is 15.5 Å². The fraction of sp³-hybridized carbons (Fsp3) is 0.467. The molecule has 120 valence electrons. The maximum absolute atomic E-state index is 12.3. The molecule has 0 saturated carbocycles. The summed E-state index contributed by atoms with van der Waals surface area (Å²) in [4.78, 5) is 25.1. The Hall–Kier alpha value is -2.12. The van der Waals surface area contributed by atoms with Crippen LogP contribution in [0.4, 0.5) is 4.79 Å².